The van der Waals surface area contributed by atoms with Gasteiger partial charge in [-0.2, -0.15) is 0 Å². The predicted octanol–water partition coefficient (Wildman–Crippen LogP) is 6.60. The van der Waals surface area contributed by atoms with Crippen molar-refractivity contribution in [3.8, 4) is 11.8 Å². The number of allylic oxidation sites excluding steroid dienone is 6. The van der Waals surface area contributed by atoms with E-state index >= 15 is 0 Å². The quantitative estimate of drug-likeness (QED) is 0.267. The van der Waals surface area contributed by atoms with Gasteiger partial charge >= 0.3 is 0 Å². The molecule has 0 saturated carbocycles. The Morgan fingerprint density at radius 3 is 2.67 bits per heavy atom. The van der Waals surface area contributed by atoms with E-state index in [1.807, 2.05) is 6.92 Å². The van der Waals surface area contributed by atoms with Gasteiger partial charge in [0.2, 0.25) is 0 Å². The van der Waals surface area contributed by atoms with E-state index in [2.05, 4.69) is 50.8 Å². The molecule has 1 unspecified atom stereocenters. The van der Waals surface area contributed by atoms with Gasteiger partial charge < -0.3 is 0 Å². The lowest BCUT2D eigenvalue weighted by atomic mass is 9.98. The molecule has 1 rings (SSSR count). The van der Waals surface area contributed by atoms with Crippen LogP contribution in [0.5, 0.6) is 0 Å². The van der Waals surface area contributed by atoms with Crippen LogP contribution in [0.1, 0.15) is 79.1 Å². The highest BCUT2D eigenvalue weighted by Gasteiger charge is 2.17. The van der Waals surface area contributed by atoms with Crippen LogP contribution in [-0.2, 0) is 0 Å². The minimum absolute atomic E-state index is 0.829. The third-order valence-electron chi connectivity index (χ3n) is 4.49. The molecule has 0 saturated heterocycles. The van der Waals surface area contributed by atoms with Crippen LogP contribution in [0.15, 0.2) is 34.9 Å². The summed E-state index contributed by atoms with van der Waals surface area (Å²) in [6.07, 6.45) is 16.7. The first-order chi connectivity index (χ1) is 10.1. The fourth-order valence-corrected chi connectivity index (χ4v) is 3.05. The van der Waals surface area contributed by atoms with E-state index < -0.39 is 0 Å². The molecule has 21 heavy (non-hydrogen) atoms. The van der Waals surface area contributed by atoms with E-state index in [0.29, 0.717) is 0 Å². The molecule has 0 aromatic carbocycles. The monoisotopic (exact) mass is 284 g/mol. The van der Waals surface area contributed by atoms with Crippen molar-refractivity contribution in [3.63, 3.8) is 0 Å². The summed E-state index contributed by atoms with van der Waals surface area (Å²) in [4.78, 5) is 0. The Morgan fingerprint density at radius 2 is 2.00 bits per heavy atom. The molecule has 0 N–H and O–H groups in total. The highest BCUT2D eigenvalue weighted by Crippen LogP contribution is 2.34. The normalized spacial score (nSPS) is 19.2. The van der Waals surface area contributed by atoms with Crippen molar-refractivity contribution >= 4 is 0 Å². The van der Waals surface area contributed by atoms with Crippen LogP contribution in [0.2, 0.25) is 0 Å². The molecule has 0 heteroatoms. The molecule has 0 aromatic heterocycles. The fraction of sp³-hybridized carbons (Fsp3) is 0.619. The predicted molar refractivity (Wildman–Crippen MR) is 95.1 cm³/mol. The molecule has 1 aliphatic rings. The molecule has 0 fully saturated rings. The maximum absolute atomic E-state index is 3.11. The number of rotatable bonds is 8. The summed E-state index contributed by atoms with van der Waals surface area (Å²) >= 11 is 0. The summed E-state index contributed by atoms with van der Waals surface area (Å²) in [6.45, 7) is 8.85. The Bertz CT molecular complexity index is 448. The first-order valence-corrected chi connectivity index (χ1v) is 8.54. The van der Waals surface area contributed by atoms with Crippen molar-refractivity contribution in [2.24, 2.45) is 5.92 Å². The Balaban J connectivity index is 2.14. The van der Waals surface area contributed by atoms with Gasteiger partial charge in [0.25, 0.3) is 0 Å². The minimum atomic E-state index is 0.829. The Hall–Kier alpha value is -1.22. The van der Waals surface area contributed by atoms with Crippen molar-refractivity contribution in [3.05, 3.63) is 34.9 Å². The van der Waals surface area contributed by atoms with E-state index in [0.717, 1.165) is 18.8 Å². The molecule has 116 valence electrons. The van der Waals surface area contributed by atoms with Crippen LogP contribution in [-0.4, -0.2) is 0 Å². The van der Waals surface area contributed by atoms with Crippen LogP contribution in [0.4, 0.5) is 0 Å². The smallest absolute Gasteiger partial charge is 0.0123 e. The van der Waals surface area contributed by atoms with E-state index in [1.54, 1.807) is 11.1 Å². The van der Waals surface area contributed by atoms with E-state index in [-0.39, 0.29) is 0 Å². The molecule has 0 aliphatic heterocycles. The van der Waals surface area contributed by atoms with Gasteiger partial charge in [-0.25, -0.2) is 0 Å². The van der Waals surface area contributed by atoms with Crippen molar-refractivity contribution in [1.29, 1.82) is 0 Å². The first-order valence-electron chi connectivity index (χ1n) is 8.54. The fourth-order valence-electron chi connectivity index (χ4n) is 3.05. The number of unbranched alkanes of at least 4 members (excludes halogenated alkanes) is 1. The van der Waals surface area contributed by atoms with Crippen LogP contribution in [0, 0.1) is 17.8 Å². The van der Waals surface area contributed by atoms with Gasteiger partial charge in [-0.15, -0.1) is 11.8 Å². The maximum Gasteiger partial charge on any atom is 0.0123 e. The molecule has 0 nitrogen and oxygen atoms in total. The highest BCUT2D eigenvalue weighted by molar-refractivity contribution is 5.20. The lowest BCUT2D eigenvalue weighted by molar-refractivity contribution is 0.644. The zero-order valence-corrected chi connectivity index (χ0v) is 14.5. The van der Waals surface area contributed by atoms with Gasteiger partial charge in [-0.05, 0) is 71.6 Å². The number of hydrogen-bond acceptors (Lipinski definition) is 0. The molecule has 0 bridgehead atoms. The third kappa shape index (κ3) is 7.37. The second-order valence-corrected chi connectivity index (χ2v) is 6.31. The summed E-state index contributed by atoms with van der Waals surface area (Å²) in [6, 6.07) is 0. The minimum Gasteiger partial charge on any atom is -0.107 e. The molecule has 0 radical (unpaired) electrons. The molecule has 0 spiro atoms. The molecular formula is C21H32. The standard InChI is InChI=1S/C21H32/c1-5-6-7-10-13-18(2)14-11-8-9-12-15-21-19(3)16-17-20(21)4/h8-9,13,19H,7,10-12,14-17H2,1-4H3. The number of hydrogen-bond donors (Lipinski definition) is 0. The second kappa shape index (κ2) is 10.5. The van der Waals surface area contributed by atoms with Gasteiger partial charge in [-0.1, -0.05) is 41.9 Å². The second-order valence-electron chi connectivity index (χ2n) is 6.31. The van der Waals surface area contributed by atoms with Gasteiger partial charge in [0.15, 0.2) is 0 Å². The molecule has 1 atom stereocenters. The summed E-state index contributed by atoms with van der Waals surface area (Å²) in [5.41, 5.74) is 4.89. The Kier molecular flexibility index (Phi) is 8.91. The van der Waals surface area contributed by atoms with Crippen molar-refractivity contribution in [2.45, 2.75) is 79.1 Å². The summed E-state index contributed by atoms with van der Waals surface area (Å²) in [5, 5.41) is 0. The molecule has 0 heterocycles. The molecule has 1 aliphatic carbocycles. The van der Waals surface area contributed by atoms with E-state index in [9.17, 15) is 0 Å². The van der Waals surface area contributed by atoms with Crippen LogP contribution in [0.3, 0.4) is 0 Å². The zero-order valence-electron chi connectivity index (χ0n) is 14.5. The van der Waals surface area contributed by atoms with Gasteiger partial charge in [0.1, 0.15) is 0 Å². The summed E-state index contributed by atoms with van der Waals surface area (Å²) < 4.78 is 0. The zero-order chi connectivity index (χ0) is 15.5. The van der Waals surface area contributed by atoms with E-state index in [1.165, 1.54) is 44.1 Å². The average Bonchev–Trinajstić information content (AvgIpc) is 2.78. The highest BCUT2D eigenvalue weighted by atomic mass is 14.2. The lowest BCUT2D eigenvalue weighted by Crippen LogP contribution is -1.92. The Labute approximate surface area is 132 Å². The topological polar surface area (TPSA) is 0 Å². The molecule has 0 amide bonds. The van der Waals surface area contributed by atoms with Crippen LogP contribution in [0.25, 0.3) is 0 Å². The first kappa shape index (κ1) is 17.8. The van der Waals surface area contributed by atoms with Gasteiger partial charge in [0.05, 0.1) is 0 Å². The maximum atomic E-state index is 3.11. The average molecular weight is 284 g/mol. The van der Waals surface area contributed by atoms with Crippen molar-refractivity contribution < 1.29 is 0 Å². The summed E-state index contributed by atoms with van der Waals surface area (Å²) in [7, 11) is 0. The molecular weight excluding hydrogens is 252 g/mol. The molecule has 0 aromatic rings. The van der Waals surface area contributed by atoms with E-state index in [4.69, 9.17) is 0 Å². The van der Waals surface area contributed by atoms with Crippen LogP contribution < -0.4 is 0 Å². The van der Waals surface area contributed by atoms with Crippen LogP contribution >= 0.6 is 0 Å². The van der Waals surface area contributed by atoms with Gasteiger partial charge in [-0.3, -0.25) is 0 Å². The Morgan fingerprint density at radius 1 is 1.24 bits per heavy atom. The lowest BCUT2D eigenvalue weighted by Gasteiger charge is -2.08. The van der Waals surface area contributed by atoms with Crippen molar-refractivity contribution in [1.82, 2.24) is 0 Å². The van der Waals surface area contributed by atoms with Crippen molar-refractivity contribution in [2.75, 3.05) is 0 Å². The third-order valence-corrected chi connectivity index (χ3v) is 4.49. The SMILES string of the molecule is CC#CCCC=C(C)CCC=CCCC1=C(C)CCC1C. The van der Waals surface area contributed by atoms with Gasteiger partial charge in [0, 0.05) is 6.42 Å². The largest absolute Gasteiger partial charge is 0.107 e. The summed E-state index contributed by atoms with van der Waals surface area (Å²) in [5.74, 6) is 6.88.